The molecule has 2 atom stereocenters. The Morgan fingerprint density at radius 2 is 1.14 bits per heavy atom. The van der Waals surface area contributed by atoms with E-state index in [2.05, 4.69) is 20.4 Å². The van der Waals surface area contributed by atoms with E-state index in [4.69, 9.17) is 43.0 Å². The highest BCUT2D eigenvalue weighted by atomic mass is 32.4. The summed E-state index contributed by atoms with van der Waals surface area (Å²) < 4.78 is 14.9. The summed E-state index contributed by atoms with van der Waals surface area (Å²) in [5.41, 5.74) is 11.1. The van der Waals surface area contributed by atoms with Crippen LogP contribution < -0.4 is 13.9 Å². The minimum atomic E-state index is -1.42. The van der Waals surface area contributed by atoms with Gasteiger partial charge < -0.3 is 4.84 Å². The molecule has 0 aliphatic heterocycles. The Labute approximate surface area is 226 Å². The van der Waals surface area contributed by atoms with Gasteiger partial charge in [0.1, 0.15) is 11.0 Å². The number of benzene rings is 3. The second kappa shape index (κ2) is 14.2. The highest BCUT2D eigenvalue weighted by Gasteiger charge is 2.21. The smallest absolute Gasteiger partial charge is 0.394 e. The van der Waals surface area contributed by atoms with E-state index in [9.17, 15) is 0 Å². The first-order valence-corrected chi connectivity index (χ1v) is 15.1. The van der Waals surface area contributed by atoms with E-state index in [1.807, 2.05) is 55.5 Å². The van der Waals surface area contributed by atoms with E-state index in [1.54, 1.807) is 60.3 Å². The first-order valence-electron chi connectivity index (χ1n) is 10.7. The van der Waals surface area contributed by atoms with Crippen molar-refractivity contribution in [1.29, 1.82) is 0 Å². The molecule has 0 heterocycles. The van der Waals surface area contributed by atoms with Gasteiger partial charge in [0.2, 0.25) is 23.6 Å². The predicted molar refractivity (Wildman–Crippen MR) is 154 cm³/mol. The van der Waals surface area contributed by atoms with Gasteiger partial charge in [-0.2, -0.15) is 0 Å². The van der Waals surface area contributed by atoms with Crippen LogP contribution in [-0.2, 0) is 23.6 Å². The molecule has 0 aromatic heterocycles. The van der Waals surface area contributed by atoms with Crippen molar-refractivity contribution < 1.29 is 13.9 Å². The van der Waals surface area contributed by atoms with Crippen LogP contribution in [0.1, 0.15) is 16.7 Å². The Kier molecular flexibility index (Phi) is 10.7. The fourth-order valence-electron chi connectivity index (χ4n) is 2.58. The number of azide groups is 1. The lowest BCUT2D eigenvalue weighted by Gasteiger charge is -2.03. The van der Waals surface area contributed by atoms with Gasteiger partial charge in [-0.05, 0) is 84.2 Å². The van der Waals surface area contributed by atoms with Crippen LogP contribution in [0.5, 0.6) is 17.2 Å². The molecular formula is C23H23N7O3P2S2+2. The molecular weight excluding hydrogens is 548 g/mol. The summed E-state index contributed by atoms with van der Waals surface area (Å²) in [7, 11) is 0.776. The molecule has 0 fully saturated rings. The molecule has 0 aliphatic rings. The van der Waals surface area contributed by atoms with Gasteiger partial charge in [0.15, 0.2) is 11.5 Å². The number of hydrogen-bond acceptors (Lipinski definition) is 8. The molecule has 0 saturated heterocycles. The molecule has 0 aliphatic carbocycles. The SMILES string of the molecule is Cc1ccc(O[P+](=S)N(C)/N=C/c2ccc(O[P+](=S)N(C)/N=C/c3ccc(ON=[N+]=[N-])cc3)cc2)cc1. The lowest BCUT2D eigenvalue weighted by atomic mass is 10.2. The van der Waals surface area contributed by atoms with Crippen molar-refractivity contribution in [2.75, 3.05) is 14.1 Å². The highest BCUT2D eigenvalue weighted by Crippen LogP contribution is 2.32. The van der Waals surface area contributed by atoms with Crippen molar-refractivity contribution in [1.82, 2.24) is 9.56 Å². The van der Waals surface area contributed by atoms with Crippen LogP contribution in [-0.4, -0.2) is 36.1 Å². The lowest BCUT2D eigenvalue weighted by molar-refractivity contribution is 0.333. The standard InChI is InChI=1S/C23H23N7O3P2S2/c1-18-4-10-22(11-5-18)32-34(36)29(2)26-17-20-8-14-23(15-9-20)33-35(37)30(3)25-16-19-6-12-21(13-7-19)31-28-27-24/h4-17H,1-3H3/q+2/b25-16+,26-17+. The van der Waals surface area contributed by atoms with Gasteiger partial charge in [0.05, 0.1) is 26.5 Å². The zero-order chi connectivity index (χ0) is 26.6. The molecule has 3 rings (SSSR count). The molecule has 0 spiro atoms. The van der Waals surface area contributed by atoms with Crippen LogP contribution in [0, 0.1) is 6.92 Å². The van der Waals surface area contributed by atoms with Gasteiger partial charge in [-0.3, -0.25) is 9.05 Å². The molecule has 3 aromatic rings. The Bertz CT molecular complexity index is 1330. The van der Waals surface area contributed by atoms with Crippen LogP contribution in [0.3, 0.4) is 0 Å². The van der Waals surface area contributed by atoms with Crippen molar-refractivity contribution in [3.05, 3.63) is 99.9 Å². The molecule has 14 heteroatoms. The minimum absolute atomic E-state index is 0.429. The van der Waals surface area contributed by atoms with Crippen molar-refractivity contribution in [3.8, 4) is 17.2 Å². The third kappa shape index (κ3) is 9.38. The summed E-state index contributed by atoms with van der Waals surface area (Å²) in [4.78, 5) is 7.35. The largest absolute Gasteiger partial charge is 0.540 e. The normalized spacial score (nSPS) is 11.5. The maximum absolute atomic E-state index is 8.28. The Hall–Kier alpha value is -3.65. The summed E-state index contributed by atoms with van der Waals surface area (Å²) in [6.45, 7) is 2.02. The van der Waals surface area contributed by atoms with E-state index in [0.29, 0.717) is 11.5 Å². The molecule has 188 valence electrons. The molecule has 0 bridgehead atoms. The lowest BCUT2D eigenvalue weighted by Crippen LogP contribution is -2.04. The summed E-state index contributed by atoms with van der Waals surface area (Å²) in [5, 5.41) is 11.8. The van der Waals surface area contributed by atoms with Gasteiger partial charge >= 0.3 is 14.1 Å². The Morgan fingerprint density at radius 1 is 0.730 bits per heavy atom. The number of aryl methyl sites for hydroxylation is 1. The van der Waals surface area contributed by atoms with Crippen molar-refractivity contribution in [2.45, 2.75) is 6.92 Å². The monoisotopic (exact) mass is 571 g/mol. The minimum Gasteiger partial charge on any atom is -0.394 e. The summed E-state index contributed by atoms with van der Waals surface area (Å²) in [6, 6.07) is 22.0. The fourth-order valence-corrected chi connectivity index (χ4v) is 4.46. The fraction of sp³-hybridized carbons (Fsp3) is 0.130. The van der Waals surface area contributed by atoms with Crippen molar-refractivity contribution in [2.24, 2.45) is 15.5 Å². The maximum Gasteiger partial charge on any atom is 0.540 e. The summed E-state index contributed by atoms with van der Waals surface area (Å²) >= 11 is 10.9. The third-order valence-corrected chi connectivity index (χ3v) is 8.30. The Balaban J connectivity index is 1.49. The molecule has 0 radical (unpaired) electrons. The van der Waals surface area contributed by atoms with Crippen molar-refractivity contribution in [3.63, 3.8) is 0 Å². The zero-order valence-corrected chi connectivity index (χ0v) is 23.6. The van der Waals surface area contributed by atoms with E-state index in [0.717, 1.165) is 22.4 Å². The Morgan fingerprint density at radius 3 is 1.57 bits per heavy atom. The average molecular weight is 572 g/mol. The molecule has 0 saturated carbocycles. The van der Waals surface area contributed by atoms with E-state index in [1.165, 1.54) is 0 Å². The second-order valence-electron chi connectivity index (χ2n) is 7.34. The van der Waals surface area contributed by atoms with Crippen LogP contribution in [0.2, 0.25) is 0 Å². The van der Waals surface area contributed by atoms with Crippen LogP contribution >= 0.6 is 14.1 Å². The van der Waals surface area contributed by atoms with Crippen LogP contribution in [0.15, 0.2) is 88.3 Å². The van der Waals surface area contributed by atoms with Gasteiger partial charge in [-0.1, -0.05) is 27.3 Å². The van der Waals surface area contributed by atoms with Gasteiger partial charge in [0, 0.05) is 4.91 Å². The number of hydrogen-bond donors (Lipinski definition) is 0. The topological polar surface area (TPSA) is 108 Å². The number of hydrazone groups is 2. The first kappa shape index (κ1) is 27.9. The summed E-state index contributed by atoms with van der Waals surface area (Å²) in [6.07, 6.45) is 3.36. The van der Waals surface area contributed by atoms with Crippen molar-refractivity contribution >= 4 is 50.2 Å². The average Bonchev–Trinajstić information content (AvgIpc) is 2.91. The van der Waals surface area contributed by atoms with Gasteiger partial charge in [0.25, 0.3) is 0 Å². The maximum atomic E-state index is 8.28. The predicted octanol–water partition coefficient (Wildman–Crippen LogP) is 6.84. The van der Waals surface area contributed by atoms with Gasteiger partial charge in [-0.15, -0.1) is 10.2 Å². The number of nitrogens with zero attached hydrogens (tertiary/aromatic N) is 7. The molecule has 2 unspecified atom stereocenters. The quantitative estimate of drug-likeness (QED) is 0.0585. The van der Waals surface area contributed by atoms with Gasteiger partial charge in [-0.25, -0.2) is 0 Å². The third-order valence-electron chi connectivity index (χ3n) is 4.55. The number of rotatable bonds is 12. The van der Waals surface area contributed by atoms with E-state index in [-0.39, 0.29) is 0 Å². The second-order valence-corrected chi connectivity index (χ2v) is 11.7. The van der Waals surface area contributed by atoms with Crippen LogP contribution in [0.25, 0.3) is 10.4 Å². The van der Waals surface area contributed by atoms with E-state index < -0.39 is 14.1 Å². The molecule has 0 amide bonds. The molecule has 0 N–H and O–H groups in total. The highest BCUT2D eigenvalue weighted by molar-refractivity contribution is 8.02. The molecule has 10 nitrogen and oxygen atoms in total. The summed E-state index contributed by atoms with van der Waals surface area (Å²) in [5.74, 6) is 1.78. The van der Waals surface area contributed by atoms with Crippen LogP contribution in [0.4, 0.5) is 0 Å². The molecule has 37 heavy (non-hydrogen) atoms. The first-order chi connectivity index (χ1) is 17.8. The van der Waals surface area contributed by atoms with E-state index >= 15 is 0 Å². The zero-order valence-electron chi connectivity index (χ0n) is 20.1. The molecule has 3 aromatic carbocycles.